The Balaban J connectivity index is 1.93. The van der Waals surface area contributed by atoms with Gasteiger partial charge in [-0.1, -0.05) is 29.5 Å². The summed E-state index contributed by atoms with van der Waals surface area (Å²) < 4.78 is 52.6. The van der Waals surface area contributed by atoms with E-state index in [1.54, 1.807) is 43.7 Å². The monoisotopic (exact) mass is 451 g/mol. The maximum atomic E-state index is 13.5. The first-order valence-corrected chi connectivity index (χ1v) is 12.5. The molecule has 1 N–H and O–H groups in total. The number of aromatic nitrogens is 2. The summed E-state index contributed by atoms with van der Waals surface area (Å²) in [6, 6.07) is 12.4. The van der Waals surface area contributed by atoms with E-state index in [1.807, 2.05) is 26.0 Å². The Morgan fingerprint density at radius 3 is 2.27 bits per heavy atom. The summed E-state index contributed by atoms with van der Waals surface area (Å²) in [6.07, 6.45) is -3.77. The minimum atomic E-state index is -4.56. The number of halogens is 3. The van der Waals surface area contributed by atoms with Gasteiger partial charge >= 0.3 is 6.18 Å². The summed E-state index contributed by atoms with van der Waals surface area (Å²) in [5, 5.41) is 3.46. The molecule has 4 nitrogen and oxygen atoms in total. The van der Waals surface area contributed by atoms with Crippen LogP contribution in [0.3, 0.4) is 0 Å². The van der Waals surface area contributed by atoms with Gasteiger partial charge in [0.15, 0.2) is 0 Å². The number of hydrogen-bond donors (Lipinski definition) is 1. The van der Waals surface area contributed by atoms with E-state index < -0.39 is 18.9 Å². The standard InChI is InChI=1S/C21H21F3N3OPS/c1-13-5-10-18(14(2)11-13)30-19-17(21(22,23)24)12-25-20(27-19)26-15-6-8-16(9-7-15)29(3,4)28/h5-12H,1-4H3,(H,25,26,27). The summed E-state index contributed by atoms with van der Waals surface area (Å²) in [5.41, 5.74) is 1.62. The number of alkyl halides is 3. The van der Waals surface area contributed by atoms with Crippen LogP contribution >= 0.6 is 18.9 Å². The molecule has 0 fully saturated rings. The molecule has 0 saturated carbocycles. The molecule has 9 heteroatoms. The fourth-order valence-corrected chi connectivity index (χ4v) is 4.59. The molecule has 0 unspecified atom stereocenters. The summed E-state index contributed by atoms with van der Waals surface area (Å²) in [7, 11) is -2.39. The van der Waals surface area contributed by atoms with Crippen molar-refractivity contribution in [2.45, 2.75) is 29.9 Å². The SMILES string of the molecule is Cc1ccc(Sc2nc(Nc3ccc(P(C)(C)=O)cc3)ncc2C(F)(F)F)c(C)c1. The molecule has 1 aromatic heterocycles. The highest BCUT2D eigenvalue weighted by Gasteiger charge is 2.35. The molecule has 0 atom stereocenters. The van der Waals surface area contributed by atoms with Crippen molar-refractivity contribution in [3.8, 4) is 0 Å². The Morgan fingerprint density at radius 1 is 1.03 bits per heavy atom. The lowest BCUT2D eigenvalue weighted by Gasteiger charge is -2.14. The molecule has 1 heterocycles. The van der Waals surface area contributed by atoms with Gasteiger partial charge in [0.2, 0.25) is 5.95 Å². The molecule has 3 rings (SSSR count). The quantitative estimate of drug-likeness (QED) is 0.367. The normalized spacial score (nSPS) is 12.1. The van der Waals surface area contributed by atoms with Crippen molar-refractivity contribution >= 4 is 35.8 Å². The lowest BCUT2D eigenvalue weighted by atomic mass is 10.2. The molecule has 30 heavy (non-hydrogen) atoms. The van der Waals surface area contributed by atoms with E-state index in [0.29, 0.717) is 15.9 Å². The van der Waals surface area contributed by atoms with Crippen molar-refractivity contribution in [1.29, 1.82) is 0 Å². The predicted molar refractivity (Wildman–Crippen MR) is 116 cm³/mol. The van der Waals surface area contributed by atoms with Gasteiger partial charge in [-0.3, -0.25) is 0 Å². The second-order valence-electron chi connectivity index (χ2n) is 7.30. The Morgan fingerprint density at radius 2 is 1.70 bits per heavy atom. The number of rotatable bonds is 5. The lowest BCUT2D eigenvalue weighted by molar-refractivity contribution is -0.140. The van der Waals surface area contributed by atoms with Crippen molar-refractivity contribution in [1.82, 2.24) is 9.97 Å². The Bertz CT molecular complexity index is 1110. The fraction of sp³-hybridized carbons (Fsp3) is 0.238. The van der Waals surface area contributed by atoms with Crippen LogP contribution in [-0.2, 0) is 10.7 Å². The van der Waals surface area contributed by atoms with Crippen LogP contribution in [0.1, 0.15) is 16.7 Å². The summed E-state index contributed by atoms with van der Waals surface area (Å²) in [4.78, 5) is 8.67. The van der Waals surface area contributed by atoms with Gasteiger partial charge in [0.1, 0.15) is 17.7 Å². The average molecular weight is 451 g/mol. The molecule has 0 saturated heterocycles. The zero-order chi connectivity index (χ0) is 22.1. The zero-order valence-corrected chi connectivity index (χ0v) is 18.6. The van der Waals surface area contributed by atoms with E-state index in [0.717, 1.165) is 29.1 Å². The summed E-state index contributed by atoms with van der Waals surface area (Å²) in [5.74, 6) is 0.0548. The van der Waals surface area contributed by atoms with Gasteiger partial charge in [-0.05, 0) is 63.1 Å². The van der Waals surface area contributed by atoms with Crippen molar-refractivity contribution < 1.29 is 17.7 Å². The van der Waals surface area contributed by atoms with Crippen molar-refractivity contribution in [2.24, 2.45) is 0 Å². The van der Waals surface area contributed by atoms with Crippen molar-refractivity contribution in [3.05, 3.63) is 65.4 Å². The molecule has 0 aliphatic heterocycles. The topological polar surface area (TPSA) is 54.9 Å². The van der Waals surface area contributed by atoms with Gasteiger partial charge in [-0.25, -0.2) is 9.97 Å². The molecule has 2 aromatic carbocycles. The fourth-order valence-electron chi connectivity index (χ4n) is 2.75. The number of benzene rings is 2. The highest BCUT2D eigenvalue weighted by molar-refractivity contribution is 7.99. The number of anilines is 2. The molecule has 0 aliphatic carbocycles. The number of hydrogen-bond acceptors (Lipinski definition) is 5. The average Bonchev–Trinajstić information content (AvgIpc) is 2.63. The zero-order valence-electron chi connectivity index (χ0n) is 16.9. The predicted octanol–water partition coefficient (Wildman–Crippen LogP) is 6.26. The summed E-state index contributed by atoms with van der Waals surface area (Å²) in [6.45, 7) is 7.12. The van der Waals surface area contributed by atoms with Gasteiger partial charge in [0, 0.05) is 22.1 Å². The van der Waals surface area contributed by atoms with Crippen LogP contribution in [0.5, 0.6) is 0 Å². The van der Waals surface area contributed by atoms with E-state index in [9.17, 15) is 17.7 Å². The smallest absolute Gasteiger partial charge is 0.324 e. The van der Waals surface area contributed by atoms with Gasteiger partial charge in [0.05, 0.1) is 0 Å². The van der Waals surface area contributed by atoms with Crippen LogP contribution in [-0.4, -0.2) is 23.3 Å². The Kier molecular flexibility index (Phi) is 6.29. The van der Waals surface area contributed by atoms with Gasteiger partial charge in [0.25, 0.3) is 0 Å². The molecule has 158 valence electrons. The summed E-state index contributed by atoms with van der Waals surface area (Å²) >= 11 is 0.959. The number of nitrogens with zero attached hydrogens (tertiary/aromatic N) is 2. The molecular weight excluding hydrogens is 430 g/mol. The first-order chi connectivity index (χ1) is 13.9. The van der Waals surface area contributed by atoms with E-state index in [4.69, 9.17) is 0 Å². The minimum Gasteiger partial charge on any atom is -0.324 e. The van der Waals surface area contributed by atoms with Crippen LogP contribution in [0.25, 0.3) is 0 Å². The largest absolute Gasteiger partial charge is 0.420 e. The second-order valence-corrected chi connectivity index (χ2v) is 11.6. The maximum absolute atomic E-state index is 13.5. The highest BCUT2D eigenvalue weighted by Crippen LogP contribution is 2.40. The second kappa shape index (κ2) is 8.44. The van der Waals surface area contributed by atoms with Gasteiger partial charge in [-0.15, -0.1) is 0 Å². The lowest BCUT2D eigenvalue weighted by Crippen LogP contribution is -2.11. The number of aryl methyl sites for hydroxylation is 2. The van der Waals surface area contributed by atoms with Crippen LogP contribution in [0.15, 0.2) is 58.6 Å². The van der Waals surface area contributed by atoms with Crippen LogP contribution in [0, 0.1) is 13.8 Å². The van der Waals surface area contributed by atoms with Gasteiger partial charge in [-0.2, -0.15) is 13.2 Å². The van der Waals surface area contributed by atoms with Gasteiger partial charge < -0.3 is 9.88 Å². The molecule has 0 spiro atoms. The first-order valence-electron chi connectivity index (χ1n) is 9.05. The molecule has 0 amide bonds. The van der Waals surface area contributed by atoms with E-state index >= 15 is 0 Å². The molecular formula is C21H21F3N3OPS. The minimum absolute atomic E-state index is 0.0548. The van der Waals surface area contributed by atoms with Crippen molar-refractivity contribution in [2.75, 3.05) is 18.6 Å². The van der Waals surface area contributed by atoms with Crippen LogP contribution in [0.2, 0.25) is 0 Å². The third-order valence-corrected chi connectivity index (χ3v) is 7.07. The van der Waals surface area contributed by atoms with Crippen LogP contribution < -0.4 is 10.6 Å². The van der Waals surface area contributed by atoms with Crippen LogP contribution in [0.4, 0.5) is 24.8 Å². The molecule has 0 aliphatic rings. The van der Waals surface area contributed by atoms with Crippen molar-refractivity contribution in [3.63, 3.8) is 0 Å². The molecule has 0 radical (unpaired) electrons. The third-order valence-electron chi connectivity index (χ3n) is 4.34. The van der Waals surface area contributed by atoms with E-state index in [-0.39, 0.29) is 11.0 Å². The third kappa shape index (κ3) is 5.43. The van der Waals surface area contributed by atoms with E-state index in [1.165, 1.54) is 0 Å². The highest BCUT2D eigenvalue weighted by atomic mass is 32.2. The first kappa shape index (κ1) is 22.4. The number of nitrogens with one attached hydrogen (secondary N) is 1. The maximum Gasteiger partial charge on any atom is 0.420 e. The van der Waals surface area contributed by atoms with E-state index in [2.05, 4.69) is 15.3 Å². The molecule has 0 bridgehead atoms. The molecule has 3 aromatic rings. The Hall–Kier alpha value is -2.31. The Labute approximate surface area is 177 Å².